The van der Waals surface area contributed by atoms with Crippen molar-refractivity contribution in [1.29, 1.82) is 0 Å². The standard InChI is InChI=1S/C28H24N4O5S/c33-25-11-8-21(16-24(25)32(36)37)28(35)31-14-12-19(13-15-31)18-6-9-22(10-7-18)29-26(34)23-17-38-27(30-23)20-4-2-1-3-5-20/h1-11,16-17,19,33H,12-15H2,(H,29,34). The number of nitrogens with zero attached hydrogens (tertiary/aromatic N) is 3. The molecule has 5 rings (SSSR count). The summed E-state index contributed by atoms with van der Waals surface area (Å²) in [5, 5.41) is 26.1. The van der Waals surface area contributed by atoms with Crippen LogP contribution in [0.4, 0.5) is 11.4 Å². The van der Waals surface area contributed by atoms with Crippen LogP contribution < -0.4 is 5.32 Å². The Morgan fingerprint density at radius 2 is 1.74 bits per heavy atom. The summed E-state index contributed by atoms with van der Waals surface area (Å²) in [6.45, 7) is 1.04. The molecule has 0 radical (unpaired) electrons. The molecule has 0 aliphatic carbocycles. The van der Waals surface area contributed by atoms with Crippen LogP contribution in [0.1, 0.15) is 45.2 Å². The molecule has 1 aliphatic heterocycles. The van der Waals surface area contributed by atoms with Gasteiger partial charge in [-0.2, -0.15) is 0 Å². The highest BCUT2D eigenvalue weighted by atomic mass is 32.1. The van der Waals surface area contributed by atoms with E-state index in [0.717, 1.165) is 35.0 Å². The van der Waals surface area contributed by atoms with Crippen molar-refractivity contribution in [3.8, 4) is 16.3 Å². The van der Waals surface area contributed by atoms with Crippen LogP contribution in [-0.2, 0) is 0 Å². The van der Waals surface area contributed by atoms with E-state index in [4.69, 9.17) is 0 Å². The zero-order valence-corrected chi connectivity index (χ0v) is 21.1. The Bertz CT molecular complexity index is 1480. The first-order valence-corrected chi connectivity index (χ1v) is 13.0. The molecule has 4 aromatic rings. The van der Waals surface area contributed by atoms with E-state index in [-0.39, 0.29) is 23.3 Å². The lowest BCUT2D eigenvalue weighted by Crippen LogP contribution is -2.37. The fourth-order valence-electron chi connectivity index (χ4n) is 4.53. The van der Waals surface area contributed by atoms with Crippen molar-refractivity contribution in [1.82, 2.24) is 9.88 Å². The molecule has 1 aromatic heterocycles. The molecule has 0 unspecified atom stereocenters. The number of nitrogens with one attached hydrogen (secondary N) is 1. The van der Waals surface area contributed by atoms with Crippen molar-refractivity contribution in [3.63, 3.8) is 0 Å². The SMILES string of the molecule is O=C(Nc1ccc(C2CCN(C(=O)c3ccc(O)c([N+](=O)[O-])c3)CC2)cc1)c1csc(-c2ccccc2)n1. The largest absolute Gasteiger partial charge is 0.502 e. The van der Waals surface area contributed by atoms with E-state index in [2.05, 4.69) is 10.3 Å². The molecule has 9 nitrogen and oxygen atoms in total. The van der Waals surface area contributed by atoms with Crippen LogP contribution in [0.25, 0.3) is 10.6 Å². The van der Waals surface area contributed by atoms with Gasteiger partial charge in [0, 0.05) is 41.4 Å². The zero-order chi connectivity index (χ0) is 26.6. The summed E-state index contributed by atoms with van der Waals surface area (Å²) < 4.78 is 0. The predicted molar refractivity (Wildman–Crippen MR) is 145 cm³/mol. The second kappa shape index (κ2) is 10.8. The number of likely N-dealkylation sites (tertiary alicyclic amines) is 1. The smallest absolute Gasteiger partial charge is 0.311 e. The minimum Gasteiger partial charge on any atom is -0.502 e. The minimum atomic E-state index is -0.705. The molecule has 0 spiro atoms. The summed E-state index contributed by atoms with van der Waals surface area (Å²) in [7, 11) is 0. The maximum atomic E-state index is 12.9. The number of amides is 2. The molecule has 2 heterocycles. The zero-order valence-electron chi connectivity index (χ0n) is 20.2. The number of benzene rings is 3. The number of aromatic nitrogens is 1. The van der Waals surface area contributed by atoms with Gasteiger partial charge in [-0.1, -0.05) is 42.5 Å². The van der Waals surface area contributed by atoms with Gasteiger partial charge in [0.15, 0.2) is 5.75 Å². The molecule has 10 heteroatoms. The Kier molecular flexibility index (Phi) is 7.14. The molecule has 0 saturated carbocycles. The Morgan fingerprint density at radius 3 is 2.42 bits per heavy atom. The number of carbonyl (C=O) groups is 2. The van der Waals surface area contributed by atoms with Crippen molar-refractivity contribution < 1.29 is 19.6 Å². The van der Waals surface area contributed by atoms with Gasteiger partial charge >= 0.3 is 5.69 Å². The lowest BCUT2D eigenvalue weighted by Gasteiger charge is -2.32. The molecule has 1 fully saturated rings. The van der Waals surface area contributed by atoms with Crippen LogP contribution in [0, 0.1) is 10.1 Å². The molecule has 38 heavy (non-hydrogen) atoms. The number of aromatic hydroxyl groups is 1. The molecule has 1 saturated heterocycles. The number of hydrogen-bond donors (Lipinski definition) is 2. The van der Waals surface area contributed by atoms with E-state index >= 15 is 0 Å². The monoisotopic (exact) mass is 528 g/mol. The quantitative estimate of drug-likeness (QED) is 0.244. The van der Waals surface area contributed by atoms with Gasteiger partial charge in [-0.15, -0.1) is 11.3 Å². The van der Waals surface area contributed by atoms with Gasteiger partial charge in [0.25, 0.3) is 11.8 Å². The maximum Gasteiger partial charge on any atom is 0.311 e. The van der Waals surface area contributed by atoms with E-state index in [1.807, 2.05) is 54.6 Å². The van der Waals surface area contributed by atoms with E-state index in [9.17, 15) is 24.8 Å². The topological polar surface area (TPSA) is 126 Å². The van der Waals surface area contributed by atoms with Gasteiger partial charge in [-0.25, -0.2) is 4.98 Å². The number of rotatable bonds is 6. The van der Waals surface area contributed by atoms with Crippen LogP contribution in [0.3, 0.4) is 0 Å². The summed E-state index contributed by atoms with van der Waals surface area (Å²) in [5.41, 5.74) is 2.84. The lowest BCUT2D eigenvalue weighted by molar-refractivity contribution is -0.385. The summed E-state index contributed by atoms with van der Waals surface area (Å²) in [6, 6.07) is 21.1. The predicted octanol–water partition coefficient (Wildman–Crippen LogP) is 5.70. The van der Waals surface area contributed by atoms with Crippen LogP contribution in [0.5, 0.6) is 5.75 Å². The van der Waals surface area contributed by atoms with Crippen LogP contribution >= 0.6 is 11.3 Å². The molecule has 0 bridgehead atoms. The number of piperidine rings is 1. The number of phenolic OH excluding ortho intramolecular Hbond substituents is 1. The number of nitro benzene ring substituents is 1. The van der Waals surface area contributed by atoms with Crippen molar-refractivity contribution in [2.45, 2.75) is 18.8 Å². The first-order chi connectivity index (χ1) is 18.4. The van der Waals surface area contributed by atoms with Gasteiger partial charge in [0.05, 0.1) is 4.92 Å². The van der Waals surface area contributed by atoms with Crippen molar-refractivity contribution in [2.24, 2.45) is 0 Å². The Labute approximate surface area is 222 Å². The number of anilines is 1. The molecule has 192 valence electrons. The first kappa shape index (κ1) is 25.1. The van der Waals surface area contributed by atoms with E-state index in [1.165, 1.54) is 23.5 Å². The van der Waals surface area contributed by atoms with Gasteiger partial charge in [0.2, 0.25) is 0 Å². The fourth-order valence-corrected chi connectivity index (χ4v) is 5.33. The normalized spacial score (nSPS) is 13.7. The third-order valence-electron chi connectivity index (χ3n) is 6.60. The molecule has 0 atom stereocenters. The number of thiazole rings is 1. The molecule has 2 N–H and O–H groups in total. The third kappa shape index (κ3) is 5.40. The molecular formula is C28H24N4O5S. The van der Waals surface area contributed by atoms with E-state index in [1.54, 1.807) is 10.3 Å². The van der Waals surface area contributed by atoms with Crippen LogP contribution in [0.15, 0.2) is 78.2 Å². The molecule has 3 aromatic carbocycles. The Hall–Kier alpha value is -4.57. The highest BCUT2D eigenvalue weighted by molar-refractivity contribution is 7.13. The van der Waals surface area contributed by atoms with Crippen molar-refractivity contribution in [3.05, 3.63) is 105 Å². The Morgan fingerprint density at radius 1 is 1.03 bits per heavy atom. The molecule has 2 amide bonds. The second-order valence-electron chi connectivity index (χ2n) is 9.01. The van der Waals surface area contributed by atoms with Gasteiger partial charge in [-0.3, -0.25) is 19.7 Å². The van der Waals surface area contributed by atoms with Gasteiger partial charge in [-0.05, 0) is 48.6 Å². The number of carbonyl (C=O) groups excluding carboxylic acids is 2. The number of nitro groups is 1. The summed E-state index contributed by atoms with van der Waals surface area (Å²) in [4.78, 5) is 42.0. The highest BCUT2D eigenvalue weighted by Crippen LogP contribution is 2.31. The number of phenols is 1. The average Bonchev–Trinajstić information content (AvgIpc) is 3.45. The second-order valence-corrected chi connectivity index (χ2v) is 9.87. The van der Waals surface area contributed by atoms with Crippen LogP contribution in [-0.4, -0.2) is 44.8 Å². The van der Waals surface area contributed by atoms with Crippen LogP contribution in [0.2, 0.25) is 0 Å². The minimum absolute atomic E-state index is 0.184. The fraction of sp³-hybridized carbons (Fsp3) is 0.179. The summed E-state index contributed by atoms with van der Waals surface area (Å²) in [6.07, 6.45) is 1.50. The van der Waals surface area contributed by atoms with E-state index in [0.29, 0.717) is 24.5 Å². The summed E-state index contributed by atoms with van der Waals surface area (Å²) in [5.74, 6) is -0.766. The first-order valence-electron chi connectivity index (χ1n) is 12.1. The number of hydrogen-bond acceptors (Lipinski definition) is 7. The van der Waals surface area contributed by atoms with E-state index < -0.39 is 16.4 Å². The van der Waals surface area contributed by atoms with Crippen molar-refractivity contribution >= 4 is 34.5 Å². The average molecular weight is 529 g/mol. The Balaban J connectivity index is 1.17. The third-order valence-corrected chi connectivity index (χ3v) is 7.49. The van der Waals surface area contributed by atoms with Gasteiger partial charge in [0.1, 0.15) is 10.7 Å². The summed E-state index contributed by atoms with van der Waals surface area (Å²) >= 11 is 1.43. The van der Waals surface area contributed by atoms with Crippen molar-refractivity contribution in [2.75, 3.05) is 18.4 Å². The van der Waals surface area contributed by atoms with Gasteiger partial charge < -0.3 is 15.3 Å². The highest BCUT2D eigenvalue weighted by Gasteiger charge is 2.26. The maximum absolute atomic E-state index is 12.9. The molecular weight excluding hydrogens is 504 g/mol. The molecule has 1 aliphatic rings. The lowest BCUT2D eigenvalue weighted by atomic mass is 9.89.